The molecule has 2 heterocycles. The molecular formula is C15H19BrN2O3. The van der Waals surface area contributed by atoms with Gasteiger partial charge in [0.05, 0.1) is 5.41 Å². The van der Waals surface area contributed by atoms with Crippen molar-refractivity contribution in [1.82, 2.24) is 9.88 Å². The predicted octanol–water partition coefficient (Wildman–Crippen LogP) is 2.81. The van der Waals surface area contributed by atoms with Crippen molar-refractivity contribution in [2.75, 3.05) is 13.1 Å². The normalized spacial score (nSPS) is 19.4. The summed E-state index contributed by atoms with van der Waals surface area (Å²) in [6.07, 6.45) is 3.25. The smallest absolute Gasteiger partial charge is 0.309 e. The van der Waals surface area contributed by atoms with Crippen molar-refractivity contribution in [2.24, 2.45) is 11.3 Å². The first-order valence-electron chi connectivity index (χ1n) is 6.96. The number of carbonyl (C=O) groups is 2. The Morgan fingerprint density at radius 2 is 2.19 bits per heavy atom. The number of aromatic nitrogens is 1. The van der Waals surface area contributed by atoms with Crippen LogP contribution < -0.4 is 0 Å². The van der Waals surface area contributed by atoms with E-state index in [0.717, 1.165) is 12.8 Å². The lowest BCUT2D eigenvalue weighted by Gasteiger charge is -2.39. The molecule has 0 radical (unpaired) electrons. The second kappa shape index (κ2) is 6.13. The van der Waals surface area contributed by atoms with E-state index in [1.807, 2.05) is 0 Å². The summed E-state index contributed by atoms with van der Waals surface area (Å²) >= 11 is 3.26. The Labute approximate surface area is 132 Å². The SMILES string of the molecule is CC(C)(C(=O)O)C1CCCN(C(=O)c2ccnc(Br)c2)C1. The van der Waals surface area contributed by atoms with Crippen molar-refractivity contribution in [3.8, 4) is 0 Å². The first-order chi connectivity index (χ1) is 9.82. The largest absolute Gasteiger partial charge is 0.481 e. The number of hydrogen-bond donors (Lipinski definition) is 1. The molecule has 114 valence electrons. The number of amides is 1. The van der Waals surface area contributed by atoms with Crippen LogP contribution in [0.25, 0.3) is 0 Å². The van der Waals surface area contributed by atoms with Crippen LogP contribution in [0.15, 0.2) is 22.9 Å². The topological polar surface area (TPSA) is 70.5 Å². The van der Waals surface area contributed by atoms with Crippen molar-refractivity contribution in [2.45, 2.75) is 26.7 Å². The van der Waals surface area contributed by atoms with Gasteiger partial charge in [-0.15, -0.1) is 0 Å². The number of likely N-dealkylation sites (tertiary alicyclic amines) is 1. The molecule has 1 aromatic heterocycles. The average molecular weight is 355 g/mol. The monoisotopic (exact) mass is 354 g/mol. The molecule has 1 atom stereocenters. The highest BCUT2D eigenvalue weighted by Crippen LogP contribution is 2.34. The quantitative estimate of drug-likeness (QED) is 0.847. The standard InChI is InChI=1S/C15H19BrN2O3/c1-15(2,14(20)21)11-4-3-7-18(9-11)13(19)10-5-6-17-12(16)8-10/h5-6,8,11H,3-4,7,9H2,1-2H3,(H,20,21). The molecule has 5 nitrogen and oxygen atoms in total. The first kappa shape index (κ1) is 15.9. The number of hydrogen-bond acceptors (Lipinski definition) is 3. The lowest BCUT2D eigenvalue weighted by Crippen LogP contribution is -2.46. The highest BCUT2D eigenvalue weighted by Gasteiger charge is 2.40. The highest BCUT2D eigenvalue weighted by molar-refractivity contribution is 9.10. The molecule has 0 spiro atoms. The van der Waals surface area contributed by atoms with Gasteiger partial charge in [0.1, 0.15) is 4.60 Å². The van der Waals surface area contributed by atoms with E-state index in [1.165, 1.54) is 0 Å². The average Bonchev–Trinajstić information content (AvgIpc) is 2.46. The van der Waals surface area contributed by atoms with E-state index in [-0.39, 0.29) is 11.8 Å². The molecule has 1 aliphatic rings. The van der Waals surface area contributed by atoms with Gasteiger partial charge in [0.15, 0.2) is 0 Å². The van der Waals surface area contributed by atoms with E-state index in [4.69, 9.17) is 0 Å². The Balaban J connectivity index is 2.14. The van der Waals surface area contributed by atoms with Crippen LogP contribution in [0.2, 0.25) is 0 Å². The maximum absolute atomic E-state index is 12.5. The van der Waals surface area contributed by atoms with Gasteiger partial charge < -0.3 is 10.0 Å². The third-order valence-electron chi connectivity index (χ3n) is 4.25. The first-order valence-corrected chi connectivity index (χ1v) is 7.76. The maximum Gasteiger partial charge on any atom is 0.309 e. The minimum absolute atomic E-state index is 0.0297. The van der Waals surface area contributed by atoms with Crippen molar-refractivity contribution >= 4 is 27.8 Å². The number of halogens is 1. The Hall–Kier alpha value is -1.43. The fraction of sp³-hybridized carbons (Fsp3) is 0.533. The molecule has 21 heavy (non-hydrogen) atoms. The molecule has 1 N–H and O–H groups in total. The van der Waals surface area contributed by atoms with E-state index in [1.54, 1.807) is 37.1 Å². The van der Waals surface area contributed by atoms with Crippen molar-refractivity contribution < 1.29 is 14.7 Å². The minimum Gasteiger partial charge on any atom is -0.481 e. The summed E-state index contributed by atoms with van der Waals surface area (Å²) in [5.41, 5.74) is -0.247. The third kappa shape index (κ3) is 3.43. The summed E-state index contributed by atoms with van der Waals surface area (Å²) in [7, 11) is 0. The number of nitrogens with zero attached hydrogens (tertiary/aromatic N) is 2. The Kier molecular flexibility index (Phi) is 4.66. The Bertz CT molecular complexity index is 560. The lowest BCUT2D eigenvalue weighted by atomic mass is 9.74. The molecule has 6 heteroatoms. The molecule has 1 aliphatic heterocycles. The summed E-state index contributed by atoms with van der Waals surface area (Å²) in [4.78, 5) is 29.7. The van der Waals surface area contributed by atoms with Gasteiger partial charge in [-0.3, -0.25) is 9.59 Å². The molecular weight excluding hydrogens is 336 g/mol. The molecule has 0 saturated carbocycles. The van der Waals surface area contributed by atoms with Crippen LogP contribution in [0.1, 0.15) is 37.0 Å². The summed E-state index contributed by atoms with van der Waals surface area (Å²) < 4.78 is 0.618. The predicted molar refractivity (Wildman–Crippen MR) is 82.0 cm³/mol. The summed E-state index contributed by atoms with van der Waals surface area (Å²) in [6.45, 7) is 4.62. The summed E-state index contributed by atoms with van der Waals surface area (Å²) in [5.74, 6) is -0.907. The minimum atomic E-state index is -0.822. The maximum atomic E-state index is 12.5. The van der Waals surface area contributed by atoms with E-state index >= 15 is 0 Å². The van der Waals surface area contributed by atoms with Crippen molar-refractivity contribution in [3.63, 3.8) is 0 Å². The molecule has 1 saturated heterocycles. The van der Waals surface area contributed by atoms with Crippen LogP contribution in [-0.4, -0.2) is 40.0 Å². The summed E-state index contributed by atoms with van der Waals surface area (Å²) in [5, 5.41) is 9.35. The van der Waals surface area contributed by atoms with Crippen LogP contribution in [0, 0.1) is 11.3 Å². The zero-order valence-corrected chi connectivity index (χ0v) is 13.8. The zero-order chi connectivity index (χ0) is 15.6. The van der Waals surface area contributed by atoms with Crippen molar-refractivity contribution in [3.05, 3.63) is 28.5 Å². The van der Waals surface area contributed by atoms with Gasteiger partial charge in [-0.05, 0) is 60.7 Å². The number of aliphatic carboxylic acids is 1. The van der Waals surface area contributed by atoms with Crippen LogP contribution >= 0.6 is 15.9 Å². The van der Waals surface area contributed by atoms with Gasteiger partial charge in [0.25, 0.3) is 5.91 Å². The molecule has 2 rings (SSSR count). The number of carbonyl (C=O) groups excluding carboxylic acids is 1. The van der Waals surface area contributed by atoms with Crippen LogP contribution in [0.4, 0.5) is 0 Å². The second-order valence-corrected chi connectivity index (χ2v) is 6.80. The van der Waals surface area contributed by atoms with E-state index < -0.39 is 11.4 Å². The van der Waals surface area contributed by atoms with E-state index in [9.17, 15) is 14.7 Å². The van der Waals surface area contributed by atoms with Crippen LogP contribution in [-0.2, 0) is 4.79 Å². The Morgan fingerprint density at radius 3 is 2.81 bits per heavy atom. The Morgan fingerprint density at radius 1 is 1.48 bits per heavy atom. The van der Waals surface area contributed by atoms with Gasteiger partial charge in [-0.25, -0.2) is 4.98 Å². The number of rotatable bonds is 3. The second-order valence-electron chi connectivity index (χ2n) is 5.98. The van der Waals surface area contributed by atoms with Gasteiger partial charge in [-0.2, -0.15) is 0 Å². The van der Waals surface area contributed by atoms with E-state index in [2.05, 4.69) is 20.9 Å². The van der Waals surface area contributed by atoms with Crippen LogP contribution in [0.5, 0.6) is 0 Å². The molecule has 0 bridgehead atoms. The van der Waals surface area contributed by atoms with E-state index in [0.29, 0.717) is 23.3 Å². The highest BCUT2D eigenvalue weighted by atomic mass is 79.9. The molecule has 1 fully saturated rings. The molecule has 0 aromatic carbocycles. The van der Waals surface area contributed by atoms with Crippen molar-refractivity contribution in [1.29, 1.82) is 0 Å². The van der Waals surface area contributed by atoms with Gasteiger partial charge in [0.2, 0.25) is 0 Å². The third-order valence-corrected chi connectivity index (χ3v) is 4.69. The number of pyridine rings is 1. The molecule has 1 unspecified atom stereocenters. The molecule has 1 amide bonds. The van der Waals surface area contributed by atoms with Gasteiger partial charge in [-0.1, -0.05) is 0 Å². The fourth-order valence-electron chi connectivity index (χ4n) is 2.64. The summed E-state index contributed by atoms with van der Waals surface area (Å²) in [6, 6.07) is 3.37. The number of carboxylic acids is 1. The zero-order valence-electron chi connectivity index (χ0n) is 12.2. The molecule has 1 aromatic rings. The lowest BCUT2D eigenvalue weighted by molar-refractivity contribution is -0.151. The number of piperidine rings is 1. The fourth-order valence-corrected chi connectivity index (χ4v) is 3.01. The van der Waals surface area contributed by atoms with Crippen LogP contribution in [0.3, 0.4) is 0 Å². The van der Waals surface area contributed by atoms with Gasteiger partial charge >= 0.3 is 5.97 Å². The molecule has 0 aliphatic carbocycles. The van der Waals surface area contributed by atoms with Gasteiger partial charge in [0, 0.05) is 24.8 Å². The number of carboxylic acid groups (broad SMARTS) is 1.